The molecule has 0 saturated carbocycles. The van der Waals surface area contributed by atoms with E-state index < -0.39 is 0 Å². The lowest BCUT2D eigenvalue weighted by atomic mass is 9.80. The van der Waals surface area contributed by atoms with Crippen LogP contribution in [-0.4, -0.2) is 19.6 Å². The summed E-state index contributed by atoms with van der Waals surface area (Å²) >= 11 is 0. The van der Waals surface area contributed by atoms with Crippen molar-refractivity contribution in [3.05, 3.63) is 29.8 Å². The summed E-state index contributed by atoms with van der Waals surface area (Å²) in [5.74, 6) is 0.232. The molecule has 3 heteroatoms. The van der Waals surface area contributed by atoms with Crippen LogP contribution in [0, 0.1) is 5.41 Å². The fourth-order valence-corrected chi connectivity index (χ4v) is 2.51. The number of carbonyl (C=O) groups excluding carboxylic acids is 1. The summed E-state index contributed by atoms with van der Waals surface area (Å²) in [6.45, 7) is 7.34. The van der Waals surface area contributed by atoms with Crippen molar-refractivity contribution in [3.63, 3.8) is 0 Å². The molecule has 17 heavy (non-hydrogen) atoms. The number of para-hydroxylation sites is 1. The van der Waals surface area contributed by atoms with Gasteiger partial charge in [-0.2, -0.15) is 0 Å². The maximum absolute atomic E-state index is 12.0. The van der Waals surface area contributed by atoms with Gasteiger partial charge in [0.05, 0.1) is 0 Å². The Morgan fingerprint density at radius 3 is 2.76 bits per heavy atom. The number of benzene rings is 1. The summed E-state index contributed by atoms with van der Waals surface area (Å²) in [6, 6.07) is 8.31. The minimum absolute atomic E-state index is 0.232. The number of carbonyl (C=O) groups is 1. The Kier molecular flexibility index (Phi) is 3.27. The minimum Gasteiger partial charge on any atom is -0.321 e. The molecule has 1 aromatic carbocycles. The van der Waals surface area contributed by atoms with Gasteiger partial charge in [0.15, 0.2) is 5.81 Å². The lowest BCUT2D eigenvalue weighted by Gasteiger charge is -2.23. The zero-order chi connectivity index (χ0) is 12.5. The first-order valence-electron chi connectivity index (χ1n) is 6.42. The molecule has 1 heterocycles. The van der Waals surface area contributed by atoms with Crippen molar-refractivity contribution in [2.45, 2.75) is 33.5 Å². The van der Waals surface area contributed by atoms with Crippen LogP contribution in [0.2, 0.25) is 6.82 Å². The van der Waals surface area contributed by atoms with Gasteiger partial charge in [-0.1, -0.05) is 38.9 Å². The summed E-state index contributed by atoms with van der Waals surface area (Å²) in [4.78, 5) is 14.0. The van der Waals surface area contributed by atoms with Crippen molar-refractivity contribution in [2.75, 3.05) is 11.4 Å². The second kappa shape index (κ2) is 4.56. The molecule has 0 aromatic heterocycles. The van der Waals surface area contributed by atoms with Crippen LogP contribution in [0.15, 0.2) is 24.3 Å². The van der Waals surface area contributed by atoms with E-state index in [2.05, 4.69) is 32.0 Å². The molecule has 0 saturated heterocycles. The van der Waals surface area contributed by atoms with Crippen LogP contribution in [0.3, 0.4) is 0 Å². The summed E-state index contributed by atoms with van der Waals surface area (Å²) in [5, 5.41) is 0. The van der Waals surface area contributed by atoms with Crippen molar-refractivity contribution >= 4 is 18.8 Å². The number of hydrogen-bond donors (Lipinski definition) is 0. The van der Waals surface area contributed by atoms with Gasteiger partial charge in [0.25, 0.3) is 0 Å². The van der Waals surface area contributed by atoms with Gasteiger partial charge in [-0.15, -0.1) is 0 Å². The van der Waals surface area contributed by atoms with E-state index in [1.165, 1.54) is 5.56 Å². The van der Waals surface area contributed by atoms with Gasteiger partial charge in [0, 0.05) is 12.2 Å². The van der Waals surface area contributed by atoms with Crippen LogP contribution in [0.25, 0.3) is 0 Å². The number of fused-ring (bicyclic) bond motifs is 1. The molecule has 0 unspecified atom stereocenters. The van der Waals surface area contributed by atoms with Crippen molar-refractivity contribution in [1.82, 2.24) is 0 Å². The Morgan fingerprint density at radius 1 is 1.35 bits per heavy atom. The molecule has 0 atom stereocenters. The van der Waals surface area contributed by atoms with Gasteiger partial charge in [-0.25, -0.2) is 0 Å². The Bertz CT molecular complexity index is 428. The predicted molar refractivity (Wildman–Crippen MR) is 74.3 cm³/mol. The first kappa shape index (κ1) is 12.2. The van der Waals surface area contributed by atoms with E-state index in [-0.39, 0.29) is 11.2 Å². The van der Waals surface area contributed by atoms with E-state index in [9.17, 15) is 4.79 Å². The standard InChI is InChI=1S/C14H20BNO/c1-14(2)8-9-16(13(17)15-3)12-7-5-4-6-11(12)10-14/h4-7,15H,8-10H2,1-3H3. The van der Waals surface area contributed by atoms with E-state index in [1.54, 1.807) is 0 Å². The first-order chi connectivity index (χ1) is 8.03. The highest BCUT2D eigenvalue weighted by atomic mass is 16.2. The highest BCUT2D eigenvalue weighted by molar-refractivity contribution is 6.75. The van der Waals surface area contributed by atoms with E-state index in [4.69, 9.17) is 0 Å². The number of hydrogen-bond acceptors (Lipinski definition) is 1. The van der Waals surface area contributed by atoms with Gasteiger partial charge in [-0.3, -0.25) is 4.79 Å². The smallest absolute Gasteiger partial charge is 0.231 e. The van der Waals surface area contributed by atoms with Crippen LogP contribution in [0.5, 0.6) is 0 Å². The molecule has 1 aliphatic heterocycles. The van der Waals surface area contributed by atoms with Crippen molar-refractivity contribution in [3.8, 4) is 0 Å². The highest BCUT2D eigenvalue weighted by Gasteiger charge is 2.28. The second-order valence-electron chi connectivity index (χ2n) is 5.62. The SMILES string of the molecule is CBC(=O)N1CCC(C)(C)Cc2ccccc21. The Balaban J connectivity index is 2.42. The molecule has 90 valence electrons. The van der Waals surface area contributed by atoms with Gasteiger partial charge < -0.3 is 4.90 Å². The first-order valence-corrected chi connectivity index (χ1v) is 6.42. The molecule has 0 bridgehead atoms. The molecule has 0 spiro atoms. The number of anilines is 1. The zero-order valence-electron chi connectivity index (χ0n) is 11.0. The lowest BCUT2D eigenvalue weighted by molar-refractivity contribution is 0.262. The molecule has 2 nitrogen and oxygen atoms in total. The molecule has 1 aromatic rings. The maximum atomic E-state index is 12.0. The molecule has 1 amide bonds. The van der Waals surface area contributed by atoms with E-state index >= 15 is 0 Å². The average molecular weight is 229 g/mol. The third kappa shape index (κ3) is 2.54. The van der Waals surface area contributed by atoms with E-state index in [0.717, 1.165) is 25.1 Å². The third-order valence-corrected chi connectivity index (χ3v) is 3.57. The monoisotopic (exact) mass is 229 g/mol. The quantitative estimate of drug-likeness (QED) is 0.677. The molecule has 0 N–H and O–H groups in total. The van der Waals surface area contributed by atoms with Crippen molar-refractivity contribution in [2.24, 2.45) is 5.41 Å². The largest absolute Gasteiger partial charge is 0.321 e. The van der Waals surface area contributed by atoms with E-state index in [1.807, 2.05) is 17.8 Å². The van der Waals surface area contributed by atoms with E-state index in [0.29, 0.717) is 7.28 Å². The average Bonchev–Trinajstić information content (AvgIpc) is 2.43. The third-order valence-electron chi connectivity index (χ3n) is 3.57. The second-order valence-corrected chi connectivity index (χ2v) is 5.62. The molecule has 0 aliphatic carbocycles. The van der Waals surface area contributed by atoms with Crippen LogP contribution in [0.4, 0.5) is 10.5 Å². The lowest BCUT2D eigenvalue weighted by Crippen LogP contribution is -2.34. The maximum Gasteiger partial charge on any atom is 0.231 e. The Labute approximate surface area is 104 Å². The van der Waals surface area contributed by atoms with Gasteiger partial charge in [-0.05, 0) is 29.9 Å². The Morgan fingerprint density at radius 2 is 2.06 bits per heavy atom. The minimum atomic E-state index is 0.232. The number of nitrogens with zero attached hydrogens (tertiary/aromatic N) is 1. The number of rotatable bonds is 1. The molecular formula is C14H20BNO. The molecule has 0 fully saturated rings. The van der Waals surface area contributed by atoms with Gasteiger partial charge in [0.1, 0.15) is 0 Å². The number of amides is 1. The molecule has 0 radical (unpaired) electrons. The predicted octanol–water partition coefficient (Wildman–Crippen LogP) is 3.07. The molecule has 1 aliphatic rings. The van der Waals surface area contributed by atoms with Gasteiger partial charge >= 0.3 is 0 Å². The topological polar surface area (TPSA) is 20.3 Å². The summed E-state index contributed by atoms with van der Waals surface area (Å²) < 4.78 is 0. The fraction of sp³-hybridized carbons (Fsp3) is 0.500. The fourth-order valence-electron chi connectivity index (χ4n) is 2.51. The van der Waals surface area contributed by atoms with Crippen molar-refractivity contribution < 1.29 is 4.79 Å². The van der Waals surface area contributed by atoms with Gasteiger partial charge in [0.2, 0.25) is 7.28 Å². The Hall–Kier alpha value is -1.25. The summed E-state index contributed by atoms with van der Waals surface area (Å²) in [6.07, 6.45) is 2.12. The summed E-state index contributed by atoms with van der Waals surface area (Å²) in [7, 11) is 0.578. The summed E-state index contributed by atoms with van der Waals surface area (Å²) in [5.41, 5.74) is 2.69. The van der Waals surface area contributed by atoms with Crippen molar-refractivity contribution in [1.29, 1.82) is 0 Å². The van der Waals surface area contributed by atoms with Crippen LogP contribution >= 0.6 is 0 Å². The normalized spacial score (nSPS) is 18.2. The zero-order valence-corrected chi connectivity index (χ0v) is 11.0. The molecule has 2 rings (SSSR count). The molecular weight excluding hydrogens is 209 g/mol. The van der Waals surface area contributed by atoms with Crippen LogP contribution in [-0.2, 0) is 6.42 Å². The van der Waals surface area contributed by atoms with Crippen LogP contribution < -0.4 is 4.90 Å². The van der Waals surface area contributed by atoms with Crippen LogP contribution in [0.1, 0.15) is 25.8 Å². The highest BCUT2D eigenvalue weighted by Crippen LogP contribution is 2.35.